The Morgan fingerprint density at radius 3 is 2.46 bits per heavy atom. The summed E-state index contributed by atoms with van der Waals surface area (Å²) in [6.45, 7) is 2.89. The molecule has 0 fully saturated rings. The molecule has 12 heteroatoms. The van der Waals surface area contributed by atoms with Gasteiger partial charge in [-0.25, -0.2) is 28.4 Å². The van der Waals surface area contributed by atoms with Gasteiger partial charge in [0.2, 0.25) is 5.91 Å². The van der Waals surface area contributed by atoms with Crippen LogP contribution in [0.2, 0.25) is 0 Å². The first-order chi connectivity index (χ1) is 16.6. The Morgan fingerprint density at radius 1 is 1.06 bits per heavy atom. The van der Waals surface area contributed by atoms with Crippen LogP contribution in [0.25, 0.3) is 22.6 Å². The van der Waals surface area contributed by atoms with Gasteiger partial charge in [0.25, 0.3) is 5.91 Å². The van der Waals surface area contributed by atoms with Gasteiger partial charge in [0, 0.05) is 5.56 Å². The number of pyridine rings is 1. The lowest BCUT2D eigenvalue weighted by Crippen LogP contribution is -2.56. The monoisotopic (exact) mass is 477 g/mol. The van der Waals surface area contributed by atoms with E-state index in [0.29, 0.717) is 5.56 Å². The van der Waals surface area contributed by atoms with Gasteiger partial charge in [0.05, 0.1) is 29.1 Å². The summed E-state index contributed by atoms with van der Waals surface area (Å²) >= 11 is 0. The minimum atomic E-state index is -2.17. The van der Waals surface area contributed by atoms with E-state index in [0.717, 1.165) is 6.20 Å². The van der Waals surface area contributed by atoms with Gasteiger partial charge in [-0.3, -0.25) is 9.59 Å². The van der Waals surface area contributed by atoms with Crippen molar-refractivity contribution in [3.63, 3.8) is 0 Å². The predicted octanol–water partition coefficient (Wildman–Crippen LogP) is 2.33. The van der Waals surface area contributed by atoms with Gasteiger partial charge in [0.15, 0.2) is 17.1 Å². The van der Waals surface area contributed by atoms with Crippen LogP contribution in [0.3, 0.4) is 0 Å². The smallest absolute Gasteiger partial charge is 0.263 e. The second-order valence-electron chi connectivity index (χ2n) is 8.99. The topological polar surface area (TPSA) is 135 Å². The number of rotatable bonds is 3. The average Bonchev–Trinajstić information content (AvgIpc) is 3.29. The number of carbonyl (C=O) groups excluding carboxylic acids is 2. The van der Waals surface area contributed by atoms with Crippen LogP contribution in [0, 0.1) is 17.0 Å². The molecule has 4 aromatic rings. The minimum Gasteiger partial charge on any atom is -0.374 e. The number of hydrogen-bond acceptors (Lipinski definition) is 7. The number of nitrogens with zero attached hydrogens (tertiary/aromatic N) is 5. The number of amides is 2. The summed E-state index contributed by atoms with van der Waals surface area (Å²) in [4.78, 5) is 38.3. The van der Waals surface area contributed by atoms with E-state index in [4.69, 9.17) is 0 Å². The molecular weight excluding hydrogens is 460 g/mol. The zero-order valence-electron chi connectivity index (χ0n) is 18.4. The molecule has 2 amide bonds. The molecule has 1 atom stereocenters. The van der Waals surface area contributed by atoms with Crippen molar-refractivity contribution in [2.24, 2.45) is 5.41 Å². The van der Waals surface area contributed by atoms with Crippen molar-refractivity contribution in [1.82, 2.24) is 24.7 Å². The fraction of sp³-hybridized carbons (Fsp3) is 0.217. The lowest BCUT2D eigenvalue weighted by molar-refractivity contribution is -0.158. The molecule has 10 nitrogen and oxygen atoms in total. The van der Waals surface area contributed by atoms with E-state index in [2.05, 4.69) is 30.7 Å². The number of halogens is 2. The van der Waals surface area contributed by atoms with Gasteiger partial charge < -0.3 is 15.7 Å². The van der Waals surface area contributed by atoms with Crippen molar-refractivity contribution in [2.45, 2.75) is 26.0 Å². The Labute approximate surface area is 196 Å². The molecule has 35 heavy (non-hydrogen) atoms. The Hall–Kier alpha value is -4.32. The van der Waals surface area contributed by atoms with E-state index in [1.807, 2.05) is 0 Å². The number of anilines is 2. The van der Waals surface area contributed by atoms with Crippen LogP contribution in [-0.2, 0) is 21.7 Å². The average molecular weight is 477 g/mol. The van der Waals surface area contributed by atoms with Crippen LogP contribution in [0.4, 0.5) is 20.4 Å². The molecule has 3 N–H and O–H groups in total. The molecule has 0 saturated heterocycles. The number of aliphatic hydroxyl groups is 1. The van der Waals surface area contributed by atoms with Crippen molar-refractivity contribution in [2.75, 3.05) is 10.6 Å². The number of aromatic nitrogens is 5. The summed E-state index contributed by atoms with van der Waals surface area (Å²) in [5.74, 6) is -2.59. The first-order valence-corrected chi connectivity index (χ1v) is 10.6. The molecule has 2 aliphatic rings. The number of nitrogens with one attached hydrogen (secondary N) is 2. The van der Waals surface area contributed by atoms with Gasteiger partial charge in [-0.1, -0.05) is 18.2 Å². The fourth-order valence-electron chi connectivity index (χ4n) is 4.52. The molecule has 0 radical (unpaired) electrons. The highest BCUT2D eigenvalue weighted by atomic mass is 19.1. The highest BCUT2D eigenvalue weighted by molar-refractivity contribution is 6.14. The van der Waals surface area contributed by atoms with E-state index >= 15 is 0 Å². The molecule has 0 unspecified atom stereocenters. The van der Waals surface area contributed by atoms with Gasteiger partial charge in [-0.15, -0.1) is 0 Å². The molecule has 0 saturated carbocycles. The predicted molar refractivity (Wildman–Crippen MR) is 119 cm³/mol. The summed E-state index contributed by atoms with van der Waals surface area (Å²) in [7, 11) is 0. The standard InChI is InChI=1S/C23H17F2N7O3/c1-22(2)20(33)29-16-14-17(30-21(34)23(14,22)35)28-18(27-16)15-12-7-11(24)8-26-19(12)32(31-15)9-10-5-3-4-6-13(10)25/h3-8,35H,9H2,1-2H3,(H2,27,28,29,30,33,34)/t23-/m1/s1. The number of hydrogen-bond donors (Lipinski definition) is 3. The third-order valence-electron chi connectivity index (χ3n) is 6.58. The number of benzene rings is 1. The molecule has 0 bridgehead atoms. The first-order valence-electron chi connectivity index (χ1n) is 10.6. The maximum atomic E-state index is 14.3. The minimum absolute atomic E-state index is 0.00101. The highest BCUT2D eigenvalue weighted by Gasteiger charge is 2.64. The van der Waals surface area contributed by atoms with Gasteiger partial charge in [-0.2, -0.15) is 5.10 Å². The SMILES string of the molecule is CC1(C)C(=O)Nc2nc(-c3nn(Cc4ccccc4F)c4ncc(F)cc34)nc3c2[C@@]1(O)C(=O)N3. The molecule has 1 aromatic carbocycles. The lowest BCUT2D eigenvalue weighted by atomic mass is 9.69. The maximum absolute atomic E-state index is 14.3. The molecular formula is C23H17F2N7O3. The van der Waals surface area contributed by atoms with Gasteiger partial charge >= 0.3 is 0 Å². The quantitative estimate of drug-likeness (QED) is 0.412. The van der Waals surface area contributed by atoms with Crippen LogP contribution in [-0.4, -0.2) is 41.7 Å². The second kappa shape index (κ2) is 6.85. The zero-order valence-corrected chi connectivity index (χ0v) is 18.4. The zero-order chi connectivity index (χ0) is 24.7. The molecule has 6 rings (SSSR count). The summed E-state index contributed by atoms with van der Waals surface area (Å²) < 4.78 is 29.8. The van der Waals surface area contributed by atoms with Crippen LogP contribution >= 0.6 is 0 Å². The maximum Gasteiger partial charge on any atom is 0.263 e. The van der Waals surface area contributed by atoms with E-state index in [1.165, 1.54) is 30.7 Å². The van der Waals surface area contributed by atoms with Crippen molar-refractivity contribution < 1.29 is 23.5 Å². The second-order valence-corrected chi connectivity index (χ2v) is 8.99. The third-order valence-corrected chi connectivity index (χ3v) is 6.58. The van der Waals surface area contributed by atoms with E-state index in [1.54, 1.807) is 18.2 Å². The first kappa shape index (κ1) is 21.2. The summed E-state index contributed by atoms with van der Waals surface area (Å²) in [5, 5.41) is 21.1. The fourth-order valence-corrected chi connectivity index (χ4v) is 4.52. The highest BCUT2D eigenvalue weighted by Crippen LogP contribution is 2.53. The van der Waals surface area contributed by atoms with Crippen LogP contribution in [0.15, 0.2) is 36.5 Å². The van der Waals surface area contributed by atoms with Crippen molar-refractivity contribution in [1.29, 1.82) is 0 Å². The Kier molecular flexibility index (Phi) is 4.16. The molecule has 5 heterocycles. The largest absolute Gasteiger partial charge is 0.374 e. The van der Waals surface area contributed by atoms with Crippen molar-refractivity contribution >= 4 is 34.5 Å². The van der Waals surface area contributed by atoms with Gasteiger partial charge in [-0.05, 0) is 26.0 Å². The van der Waals surface area contributed by atoms with Gasteiger partial charge in [0.1, 0.15) is 29.0 Å². The molecule has 0 spiro atoms. The Bertz CT molecular complexity index is 1600. The Balaban J connectivity index is 1.55. The molecule has 2 aliphatic heterocycles. The molecule has 176 valence electrons. The number of carbonyl (C=O) groups is 2. The molecule has 3 aromatic heterocycles. The van der Waals surface area contributed by atoms with Crippen LogP contribution in [0.5, 0.6) is 0 Å². The summed E-state index contributed by atoms with van der Waals surface area (Å²) in [6.07, 6.45) is 1.02. The third kappa shape index (κ3) is 2.77. The van der Waals surface area contributed by atoms with Crippen molar-refractivity contribution in [3.8, 4) is 11.5 Å². The molecule has 0 aliphatic carbocycles. The van der Waals surface area contributed by atoms with E-state index in [-0.39, 0.29) is 46.3 Å². The summed E-state index contributed by atoms with van der Waals surface area (Å²) in [5.41, 5.74) is -2.90. The lowest BCUT2D eigenvalue weighted by Gasteiger charge is -2.40. The number of fused-ring (bicyclic) bond motifs is 1. The normalized spacial score (nSPS) is 20.0. The van der Waals surface area contributed by atoms with Crippen LogP contribution < -0.4 is 10.6 Å². The Morgan fingerprint density at radius 2 is 1.74 bits per heavy atom. The van der Waals surface area contributed by atoms with E-state index < -0.39 is 34.5 Å². The van der Waals surface area contributed by atoms with E-state index in [9.17, 15) is 23.5 Å². The van der Waals surface area contributed by atoms with Crippen molar-refractivity contribution in [3.05, 3.63) is 59.3 Å². The van der Waals surface area contributed by atoms with Crippen LogP contribution in [0.1, 0.15) is 25.0 Å². The summed E-state index contributed by atoms with van der Waals surface area (Å²) in [6, 6.07) is 7.35.